The van der Waals surface area contributed by atoms with Gasteiger partial charge in [-0.25, -0.2) is 4.79 Å². The summed E-state index contributed by atoms with van der Waals surface area (Å²) < 4.78 is 11.1. The highest BCUT2D eigenvalue weighted by Gasteiger charge is 2.47. The molecule has 0 spiro atoms. The number of likely N-dealkylation sites (tertiary alicyclic amines) is 1. The highest BCUT2D eigenvalue weighted by atomic mass is 16.7. The van der Waals surface area contributed by atoms with Gasteiger partial charge >= 0.3 is 12.0 Å². The molecule has 42 heavy (non-hydrogen) atoms. The molecule has 3 aliphatic rings. The average Bonchev–Trinajstić information content (AvgIpc) is 3.69. The van der Waals surface area contributed by atoms with E-state index < -0.39 is 17.9 Å². The lowest BCUT2D eigenvalue weighted by atomic mass is 9.84. The predicted octanol–water partition coefficient (Wildman–Crippen LogP) is 2.93. The highest BCUT2D eigenvalue weighted by molar-refractivity contribution is 5.95. The van der Waals surface area contributed by atoms with E-state index in [-0.39, 0.29) is 31.2 Å². The monoisotopic (exact) mass is 579 g/mol. The number of hydrogen-bond donors (Lipinski definition) is 2. The van der Waals surface area contributed by atoms with E-state index in [2.05, 4.69) is 6.92 Å². The van der Waals surface area contributed by atoms with Crippen LogP contribution in [0.25, 0.3) is 0 Å². The molecule has 3 atom stereocenters. The van der Waals surface area contributed by atoms with Crippen LogP contribution in [0.4, 0.5) is 10.5 Å². The lowest BCUT2D eigenvalue weighted by Gasteiger charge is -2.31. The van der Waals surface area contributed by atoms with Crippen LogP contribution in [0, 0.1) is 5.92 Å². The molecule has 11 nitrogen and oxygen atoms in total. The largest absolute Gasteiger partial charge is 0.481 e. The molecule has 3 amide bonds. The number of carboxylic acids is 1. The van der Waals surface area contributed by atoms with Crippen LogP contribution in [0.1, 0.15) is 43.2 Å². The maximum absolute atomic E-state index is 14.0. The number of nitrogens with zero attached hydrogens (tertiary/aromatic N) is 4. The van der Waals surface area contributed by atoms with Gasteiger partial charge in [-0.3, -0.25) is 14.5 Å². The number of aliphatic carboxylic acids is 1. The number of ether oxygens (including phenoxy) is 2. The minimum Gasteiger partial charge on any atom is -0.481 e. The SMILES string of the molecule is CCCCN(C(=O)CN1CC(c2ccc3c(c2)OCO3)C(C(=O)O)C1CCN1CCN(C)C1=O)c1cccc(CN)c1. The molecule has 3 unspecified atom stereocenters. The van der Waals surface area contributed by atoms with Crippen molar-refractivity contribution in [1.29, 1.82) is 0 Å². The van der Waals surface area contributed by atoms with Crippen molar-refractivity contribution in [3.63, 3.8) is 0 Å². The summed E-state index contributed by atoms with van der Waals surface area (Å²) in [6.07, 6.45) is 2.21. The van der Waals surface area contributed by atoms with E-state index >= 15 is 0 Å². The molecular weight excluding hydrogens is 538 g/mol. The number of anilines is 1. The summed E-state index contributed by atoms with van der Waals surface area (Å²) in [6.45, 7) is 5.28. The fourth-order valence-corrected chi connectivity index (χ4v) is 6.36. The fraction of sp³-hybridized carbons (Fsp3) is 0.516. The Hall–Kier alpha value is -3.83. The van der Waals surface area contributed by atoms with Crippen molar-refractivity contribution in [3.05, 3.63) is 53.6 Å². The second-order valence-corrected chi connectivity index (χ2v) is 11.3. The van der Waals surface area contributed by atoms with Crippen molar-refractivity contribution < 1.29 is 29.0 Å². The number of amides is 3. The fourth-order valence-electron chi connectivity index (χ4n) is 6.36. The Bertz CT molecular complexity index is 1300. The number of nitrogens with two attached hydrogens (primary N) is 1. The summed E-state index contributed by atoms with van der Waals surface area (Å²) in [5, 5.41) is 10.5. The standard InChI is InChI=1S/C31H41N5O6/c1-3-4-11-36(23-7-5-6-21(15-23)17-32)28(37)19-35-18-24(22-8-9-26-27(16-22)42-20-41-26)29(30(38)39)25(35)10-12-34-14-13-33(2)31(34)40/h5-9,15-16,24-25,29H,3-4,10-14,17-20,32H2,1-2H3,(H,38,39). The van der Waals surface area contributed by atoms with E-state index in [0.29, 0.717) is 57.2 Å². The zero-order valence-electron chi connectivity index (χ0n) is 24.4. The van der Waals surface area contributed by atoms with Gasteiger partial charge in [-0.05, 0) is 48.2 Å². The number of hydrogen-bond acceptors (Lipinski definition) is 7. The summed E-state index contributed by atoms with van der Waals surface area (Å²) in [4.78, 5) is 46.7. The molecule has 2 aromatic carbocycles. The molecule has 0 aromatic heterocycles. The molecule has 2 fully saturated rings. The van der Waals surface area contributed by atoms with Crippen molar-refractivity contribution in [2.75, 3.05) is 58.0 Å². The quantitative estimate of drug-likeness (QED) is 0.393. The number of unbranched alkanes of at least 4 members (excludes halogenated alkanes) is 1. The van der Waals surface area contributed by atoms with Gasteiger partial charge in [0.05, 0.1) is 12.5 Å². The molecule has 2 saturated heterocycles. The molecule has 3 heterocycles. The average molecular weight is 580 g/mol. The van der Waals surface area contributed by atoms with Gasteiger partial charge in [0.1, 0.15) is 0 Å². The van der Waals surface area contributed by atoms with Crippen LogP contribution in [0.3, 0.4) is 0 Å². The van der Waals surface area contributed by atoms with Gasteiger partial charge in [0.25, 0.3) is 0 Å². The third-order valence-corrected chi connectivity index (χ3v) is 8.69. The van der Waals surface area contributed by atoms with E-state index in [0.717, 1.165) is 29.7 Å². The molecule has 0 radical (unpaired) electrons. The van der Waals surface area contributed by atoms with Crippen LogP contribution in [0.5, 0.6) is 11.5 Å². The Morgan fingerprint density at radius 3 is 2.64 bits per heavy atom. The minimum absolute atomic E-state index is 0.0552. The Kier molecular flexibility index (Phi) is 9.18. The summed E-state index contributed by atoms with van der Waals surface area (Å²) in [6, 6.07) is 12.8. The number of carboxylic acid groups (broad SMARTS) is 1. The first kappa shape index (κ1) is 29.7. The minimum atomic E-state index is -0.916. The molecular formula is C31H41N5O6. The molecule has 5 rings (SSSR count). The summed E-state index contributed by atoms with van der Waals surface area (Å²) in [5.41, 5.74) is 8.45. The predicted molar refractivity (Wildman–Crippen MR) is 158 cm³/mol. The second-order valence-electron chi connectivity index (χ2n) is 11.3. The van der Waals surface area contributed by atoms with E-state index in [9.17, 15) is 19.5 Å². The topological polar surface area (TPSA) is 129 Å². The van der Waals surface area contributed by atoms with Crippen LogP contribution < -0.4 is 20.1 Å². The van der Waals surface area contributed by atoms with Gasteiger partial charge in [0.15, 0.2) is 11.5 Å². The molecule has 2 aromatic rings. The number of carbonyl (C=O) groups is 3. The van der Waals surface area contributed by atoms with Gasteiger partial charge in [0, 0.05) is 64.0 Å². The third kappa shape index (κ3) is 6.17. The lowest BCUT2D eigenvalue weighted by Crippen LogP contribution is -2.46. The van der Waals surface area contributed by atoms with Crippen LogP contribution in [-0.2, 0) is 16.1 Å². The Morgan fingerprint density at radius 1 is 1.12 bits per heavy atom. The first-order valence-corrected chi connectivity index (χ1v) is 14.8. The Labute approximate surface area is 246 Å². The van der Waals surface area contributed by atoms with Crippen LogP contribution in [0.2, 0.25) is 0 Å². The maximum atomic E-state index is 14.0. The van der Waals surface area contributed by atoms with Crippen LogP contribution >= 0.6 is 0 Å². The van der Waals surface area contributed by atoms with Gasteiger partial charge in [-0.15, -0.1) is 0 Å². The summed E-state index contributed by atoms with van der Waals surface area (Å²) in [7, 11) is 1.77. The van der Waals surface area contributed by atoms with Gasteiger partial charge in [-0.1, -0.05) is 31.5 Å². The van der Waals surface area contributed by atoms with Crippen molar-refractivity contribution >= 4 is 23.6 Å². The van der Waals surface area contributed by atoms with E-state index in [1.165, 1.54) is 0 Å². The molecule has 0 bridgehead atoms. The summed E-state index contributed by atoms with van der Waals surface area (Å²) in [5.74, 6) is -0.903. The van der Waals surface area contributed by atoms with Gasteiger partial charge in [0.2, 0.25) is 12.7 Å². The van der Waals surface area contributed by atoms with E-state index in [4.69, 9.17) is 15.2 Å². The van der Waals surface area contributed by atoms with Crippen molar-refractivity contribution in [1.82, 2.24) is 14.7 Å². The van der Waals surface area contributed by atoms with Crippen LogP contribution in [-0.4, -0.2) is 96.9 Å². The molecule has 3 N–H and O–H groups in total. The Balaban J connectivity index is 1.43. The number of rotatable bonds is 12. The number of urea groups is 1. The zero-order valence-corrected chi connectivity index (χ0v) is 24.4. The number of benzene rings is 2. The van der Waals surface area contributed by atoms with E-state index in [1.54, 1.807) is 21.7 Å². The summed E-state index contributed by atoms with van der Waals surface area (Å²) >= 11 is 0. The molecule has 226 valence electrons. The molecule has 11 heteroatoms. The van der Waals surface area contributed by atoms with Gasteiger partial charge < -0.3 is 35.0 Å². The Morgan fingerprint density at radius 2 is 1.93 bits per heavy atom. The number of fused-ring (bicyclic) bond motifs is 1. The number of likely N-dealkylation sites (N-methyl/N-ethyl adjacent to an activating group) is 1. The van der Waals surface area contributed by atoms with Crippen molar-refractivity contribution in [3.8, 4) is 11.5 Å². The van der Waals surface area contributed by atoms with Crippen molar-refractivity contribution in [2.45, 2.75) is 44.7 Å². The smallest absolute Gasteiger partial charge is 0.319 e. The second kappa shape index (κ2) is 13.0. The first-order chi connectivity index (χ1) is 20.3. The number of carbonyl (C=O) groups excluding carboxylic acids is 2. The third-order valence-electron chi connectivity index (χ3n) is 8.69. The molecule has 3 aliphatic heterocycles. The first-order valence-electron chi connectivity index (χ1n) is 14.8. The maximum Gasteiger partial charge on any atom is 0.319 e. The molecule has 0 aliphatic carbocycles. The van der Waals surface area contributed by atoms with Crippen LogP contribution in [0.15, 0.2) is 42.5 Å². The highest BCUT2D eigenvalue weighted by Crippen LogP contribution is 2.43. The molecule has 0 saturated carbocycles. The van der Waals surface area contributed by atoms with Crippen molar-refractivity contribution in [2.24, 2.45) is 11.7 Å². The lowest BCUT2D eigenvalue weighted by molar-refractivity contribution is -0.143. The normalized spacial score (nSPS) is 21.8. The van der Waals surface area contributed by atoms with Gasteiger partial charge in [-0.2, -0.15) is 0 Å². The zero-order chi connectivity index (χ0) is 29.8. The van der Waals surface area contributed by atoms with E-state index in [1.807, 2.05) is 47.4 Å².